The lowest BCUT2D eigenvalue weighted by Gasteiger charge is -2.05. The molecule has 84 valence electrons. The number of ether oxygens (including phenoxy) is 1. The third-order valence-electron chi connectivity index (χ3n) is 1.96. The number of aromatic nitrogens is 2. The Labute approximate surface area is 96.1 Å². The van der Waals surface area contributed by atoms with Crippen LogP contribution in [0.2, 0.25) is 0 Å². The monoisotopic (exact) mass is 237 g/mol. The molecule has 0 saturated heterocycles. The van der Waals surface area contributed by atoms with E-state index in [0.29, 0.717) is 18.2 Å². The molecule has 6 heteroatoms. The predicted molar refractivity (Wildman–Crippen MR) is 63.1 cm³/mol. The fourth-order valence-electron chi connectivity index (χ4n) is 1.21. The van der Waals surface area contributed by atoms with Gasteiger partial charge in [0.25, 0.3) is 0 Å². The van der Waals surface area contributed by atoms with Gasteiger partial charge in [-0.05, 0) is 6.07 Å². The van der Waals surface area contributed by atoms with Crippen molar-refractivity contribution in [3.05, 3.63) is 38.9 Å². The smallest absolute Gasteiger partial charge is 0.304 e. The van der Waals surface area contributed by atoms with Crippen LogP contribution in [-0.2, 0) is 6.54 Å². The summed E-state index contributed by atoms with van der Waals surface area (Å²) in [7, 11) is 1.57. The molecule has 0 atom stereocenters. The molecule has 0 amide bonds. The molecule has 0 aliphatic rings. The van der Waals surface area contributed by atoms with E-state index in [1.165, 1.54) is 0 Å². The molecule has 0 radical (unpaired) electrons. The summed E-state index contributed by atoms with van der Waals surface area (Å²) in [4.78, 5) is 17.8. The lowest BCUT2D eigenvalue weighted by Crippen LogP contribution is -2.04. The molecule has 0 unspecified atom stereocenters. The largest absolute Gasteiger partial charge is 0.481 e. The molecule has 0 aromatic carbocycles. The Morgan fingerprint density at radius 1 is 1.56 bits per heavy atom. The van der Waals surface area contributed by atoms with E-state index >= 15 is 0 Å². The van der Waals surface area contributed by atoms with Crippen LogP contribution in [0.25, 0.3) is 0 Å². The van der Waals surface area contributed by atoms with Crippen molar-refractivity contribution < 1.29 is 4.74 Å². The molecule has 2 rings (SSSR count). The maximum atomic E-state index is 10.9. The molecule has 0 bridgehead atoms. The molecule has 2 heterocycles. The summed E-state index contributed by atoms with van der Waals surface area (Å²) in [6, 6.07) is 5.47. The van der Waals surface area contributed by atoms with Gasteiger partial charge >= 0.3 is 4.87 Å². The second kappa shape index (κ2) is 4.80. The third-order valence-corrected chi connectivity index (χ3v) is 2.68. The van der Waals surface area contributed by atoms with Gasteiger partial charge in [0.2, 0.25) is 5.88 Å². The second-order valence-electron chi connectivity index (χ2n) is 3.09. The van der Waals surface area contributed by atoms with Crippen LogP contribution in [0.3, 0.4) is 0 Å². The van der Waals surface area contributed by atoms with Gasteiger partial charge in [-0.1, -0.05) is 17.4 Å². The van der Waals surface area contributed by atoms with E-state index in [0.717, 1.165) is 17.0 Å². The molecule has 2 aromatic rings. The number of anilines is 1. The number of H-pyrrole nitrogens is 1. The minimum atomic E-state index is -0.0459. The molecular formula is C10H11N3O2S. The van der Waals surface area contributed by atoms with Crippen LogP contribution in [0, 0.1) is 0 Å². The van der Waals surface area contributed by atoms with Gasteiger partial charge in [0.15, 0.2) is 0 Å². The van der Waals surface area contributed by atoms with E-state index in [1.54, 1.807) is 18.6 Å². The van der Waals surface area contributed by atoms with Crippen molar-refractivity contribution in [2.24, 2.45) is 0 Å². The average Bonchev–Trinajstić information content (AvgIpc) is 2.73. The van der Waals surface area contributed by atoms with Crippen LogP contribution in [0.5, 0.6) is 5.88 Å². The highest BCUT2D eigenvalue weighted by Crippen LogP contribution is 2.11. The summed E-state index contributed by atoms with van der Waals surface area (Å²) in [6.45, 7) is 0.541. The second-order valence-corrected chi connectivity index (χ2v) is 3.93. The van der Waals surface area contributed by atoms with E-state index in [-0.39, 0.29) is 4.87 Å². The maximum Gasteiger partial charge on any atom is 0.304 e. The normalized spacial score (nSPS) is 10.1. The Balaban J connectivity index is 2.01. The first-order valence-corrected chi connectivity index (χ1v) is 5.57. The molecule has 0 spiro atoms. The van der Waals surface area contributed by atoms with Crippen LogP contribution >= 0.6 is 11.3 Å². The van der Waals surface area contributed by atoms with Crippen molar-refractivity contribution in [1.29, 1.82) is 0 Å². The summed E-state index contributed by atoms with van der Waals surface area (Å²) < 4.78 is 5.00. The summed E-state index contributed by atoms with van der Waals surface area (Å²) in [5.41, 5.74) is 0.847. The Kier molecular flexibility index (Phi) is 3.21. The zero-order valence-electron chi connectivity index (χ0n) is 8.69. The van der Waals surface area contributed by atoms with Crippen molar-refractivity contribution in [2.75, 3.05) is 12.4 Å². The minimum absolute atomic E-state index is 0.0459. The lowest BCUT2D eigenvalue weighted by molar-refractivity contribution is 0.398. The number of hydrogen-bond acceptors (Lipinski definition) is 5. The van der Waals surface area contributed by atoms with Gasteiger partial charge in [0, 0.05) is 17.1 Å². The van der Waals surface area contributed by atoms with E-state index in [1.807, 2.05) is 12.1 Å². The van der Waals surface area contributed by atoms with Gasteiger partial charge in [0.1, 0.15) is 5.82 Å². The average molecular weight is 237 g/mol. The third kappa shape index (κ3) is 2.60. The Morgan fingerprint density at radius 2 is 2.44 bits per heavy atom. The highest BCUT2D eigenvalue weighted by Gasteiger charge is 1.99. The quantitative estimate of drug-likeness (QED) is 0.844. The first-order chi connectivity index (χ1) is 7.78. The Morgan fingerprint density at radius 3 is 3.12 bits per heavy atom. The zero-order chi connectivity index (χ0) is 11.4. The van der Waals surface area contributed by atoms with Crippen molar-refractivity contribution in [3.63, 3.8) is 0 Å². The first kappa shape index (κ1) is 10.7. The summed E-state index contributed by atoms with van der Waals surface area (Å²) in [6.07, 6.45) is 0. The van der Waals surface area contributed by atoms with Crippen molar-refractivity contribution in [3.8, 4) is 5.88 Å². The fraction of sp³-hybridized carbons (Fsp3) is 0.200. The number of pyridine rings is 1. The lowest BCUT2D eigenvalue weighted by atomic mass is 10.4. The summed E-state index contributed by atoms with van der Waals surface area (Å²) >= 11 is 1.15. The molecule has 0 aliphatic carbocycles. The molecular weight excluding hydrogens is 226 g/mol. The molecule has 0 fully saturated rings. The van der Waals surface area contributed by atoms with Gasteiger partial charge in [-0.3, -0.25) is 4.79 Å². The Hall–Kier alpha value is -1.82. The predicted octanol–water partition coefficient (Wildman–Crippen LogP) is 1.45. The number of rotatable bonds is 4. The number of nitrogens with one attached hydrogen (secondary N) is 2. The highest BCUT2D eigenvalue weighted by molar-refractivity contribution is 7.07. The van der Waals surface area contributed by atoms with Crippen LogP contribution in [0.1, 0.15) is 5.69 Å². The van der Waals surface area contributed by atoms with E-state index in [9.17, 15) is 4.79 Å². The maximum absolute atomic E-state index is 10.9. The van der Waals surface area contributed by atoms with Crippen LogP contribution in [0.15, 0.2) is 28.4 Å². The SMILES string of the molecule is COc1cccc(NCc2csc(=O)[nH]2)n1. The van der Waals surface area contributed by atoms with Crippen LogP contribution in [0.4, 0.5) is 5.82 Å². The molecule has 0 aliphatic heterocycles. The van der Waals surface area contributed by atoms with E-state index < -0.39 is 0 Å². The van der Waals surface area contributed by atoms with Crippen molar-refractivity contribution >= 4 is 17.2 Å². The van der Waals surface area contributed by atoms with E-state index in [2.05, 4.69) is 15.3 Å². The van der Waals surface area contributed by atoms with Gasteiger partial charge in [-0.25, -0.2) is 0 Å². The van der Waals surface area contributed by atoms with E-state index in [4.69, 9.17) is 4.74 Å². The topological polar surface area (TPSA) is 67.0 Å². The molecule has 5 nitrogen and oxygen atoms in total. The molecule has 2 N–H and O–H groups in total. The standard InChI is InChI=1S/C10H11N3O2S/c1-15-9-4-2-3-8(13-9)11-5-7-6-16-10(14)12-7/h2-4,6H,5H2,1H3,(H,11,13)(H,12,14). The number of hydrogen-bond donors (Lipinski definition) is 2. The summed E-state index contributed by atoms with van der Waals surface area (Å²) in [5, 5.41) is 4.88. The molecule has 2 aromatic heterocycles. The number of methoxy groups -OCH3 is 1. The zero-order valence-corrected chi connectivity index (χ0v) is 9.50. The van der Waals surface area contributed by atoms with Crippen molar-refractivity contribution in [2.45, 2.75) is 6.54 Å². The summed E-state index contributed by atoms with van der Waals surface area (Å²) in [5.74, 6) is 1.27. The van der Waals surface area contributed by atoms with Crippen LogP contribution < -0.4 is 14.9 Å². The fourth-order valence-corrected chi connectivity index (χ4v) is 1.79. The first-order valence-electron chi connectivity index (χ1n) is 4.69. The number of thiazole rings is 1. The number of aromatic amines is 1. The van der Waals surface area contributed by atoms with Crippen molar-refractivity contribution in [1.82, 2.24) is 9.97 Å². The minimum Gasteiger partial charge on any atom is -0.481 e. The molecule has 16 heavy (non-hydrogen) atoms. The van der Waals surface area contributed by atoms with Gasteiger partial charge < -0.3 is 15.0 Å². The molecule has 0 saturated carbocycles. The van der Waals surface area contributed by atoms with Crippen LogP contribution in [-0.4, -0.2) is 17.1 Å². The highest BCUT2D eigenvalue weighted by atomic mass is 32.1. The Bertz CT molecular complexity index is 521. The van der Waals surface area contributed by atoms with Gasteiger partial charge in [0.05, 0.1) is 13.7 Å². The number of nitrogens with zero attached hydrogens (tertiary/aromatic N) is 1. The van der Waals surface area contributed by atoms with Gasteiger partial charge in [-0.2, -0.15) is 4.98 Å². The van der Waals surface area contributed by atoms with Gasteiger partial charge in [-0.15, -0.1) is 0 Å².